The summed E-state index contributed by atoms with van der Waals surface area (Å²) in [4.78, 5) is 14.9. The smallest absolute Gasteiger partial charge is 0.255 e. The fourth-order valence-corrected chi connectivity index (χ4v) is 8.60. The highest BCUT2D eigenvalue weighted by molar-refractivity contribution is 7.92. The second kappa shape index (κ2) is 10.8. The highest BCUT2D eigenvalue weighted by atomic mass is 35.5. The van der Waals surface area contributed by atoms with Gasteiger partial charge in [-0.3, -0.25) is 9.69 Å². The number of rotatable bonds is 8. The number of amides is 1. The Morgan fingerprint density at radius 1 is 1.05 bits per heavy atom. The minimum Gasteiger partial charge on any atom is -0.388 e. The van der Waals surface area contributed by atoms with E-state index in [-0.39, 0.29) is 45.1 Å². The first-order chi connectivity index (χ1) is 17.7. The van der Waals surface area contributed by atoms with Gasteiger partial charge in [-0.05, 0) is 95.5 Å². The third-order valence-electron chi connectivity index (χ3n) is 8.25. The van der Waals surface area contributed by atoms with Crippen molar-refractivity contribution in [2.24, 2.45) is 11.8 Å². The van der Waals surface area contributed by atoms with E-state index in [4.69, 9.17) is 11.6 Å². The Labute approximate surface area is 228 Å². The van der Waals surface area contributed by atoms with E-state index in [2.05, 4.69) is 37.9 Å². The first kappa shape index (κ1) is 28.9. The van der Waals surface area contributed by atoms with E-state index < -0.39 is 38.2 Å². The van der Waals surface area contributed by atoms with Gasteiger partial charge in [0, 0.05) is 35.9 Å². The third-order valence-corrected chi connectivity index (χ3v) is 10.9. The minimum atomic E-state index is -3.92. The number of carbonyl (C=O) groups is 1. The van der Waals surface area contributed by atoms with Gasteiger partial charge in [-0.2, -0.15) is 0 Å². The molecule has 208 valence electrons. The maximum Gasteiger partial charge on any atom is 0.255 e. The van der Waals surface area contributed by atoms with Gasteiger partial charge in [-0.15, -0.1) is 0 Å². The molecule has 3 unspecified atom stereocenters. The summed E-state index contributed by atoms with van der Waals surface area (Å²) in [6.45, 7) is 8.89. The molecular formula is C28H35ClF2N2O4S. The number of benzene rings is 2. The summed E-state index contributed by atoms with van der Waals surface area (Å²) in [5.41, 5.74) is -0.887. The van der Waals surface area contributed by atoms with Gasteiger partial charge in [0.2, 0.25) is 0 Å². The van der Waals surface area contributed by atoms with Crippen molar-refractivity contribution in [3.63, 3.8) is 0 Å². The zero-order valence-electron chi connectivity index (χ0n) is 22.0. The van der Waals surface area contributed by atoms with E-state index in [9.17, 15) is 27.1 Å². The normalized spacial score (nSPS) is 25.4. The van der Waals surface area contributed by atoms with Gasteiger partial charge in [-0.25, -0.2) is 17.2 Å². The van der Waals surface area contributed by atoms with Crippen LogP contribution in [0.5, 0.6) is 0 Å². The molecule has 38 heavy (non-hydrogen) atoms. The van der Waals surface area contributed by atoms with E-state index in [1.54, 1.807) is 0 Å². The lowest BCUT2D eigenvalue weighted by Crippen LogP contribution is -2.57. The maximum atomic E-state index is 13.8. The number of fused-ring (bicyclic) bond motifs is 2. The number of sulfone groups is 1. The molecule has 2 fully saturated rings. The Morgan fingerprint density at radius 2 is 1.66 bits per heavy atom. The van der Waals surface area contributed by atoms with Crippen molar-refractivity contribution < 1.29 is 27.1 Å². The summed E-state index contributed by atoms with van der Waals surface area (Å²) in [6, 6.07) is 7.41. The molecule has 1 amide bonds. The Balaban J connectivity index is 1.56. The number of aliphatic hydroxyl groups is 1. The van der Waals surface area contributed by atoms with E-state index in [1.165, 1.54) is 24.3 Å². The Hall–Kier alpha value is -2.07. The number of halogens is 3. The number of nitrogens with one attached hydrogen (secondary N) is 1. The van der Waals surface area contributed by atoms with E-state index in [0.29, 0.717) is 19.4 Å². The Kier molecular flexibility index (Phi) is 8.25. The van der Waals surface area contributed by atoms with Gasteiger partial charge in [-0.1, -0.05) is 11.6 Å². The maximum absolute atomic E-state index is 13.8. The standard InChI is InChI=1S/C28H35ClF2N2O4S/c1-16(2)33(17(3)4)15-28(35)19-6-7-20(28)13-22(12-19)38(36,37)26-11-18(5-9-23(26)29)27(34)32-21-8-10-24(30)25(31)14-21/h5,8-11,14,16-17,19-20,22,35H,6-7,12-13,15H2,1-4H3,(H,32,34)/t19-,20?,22?,28?/m0/s1. The third kappa shape index (κ3) is 5.48. The van der Waals surface area contributed by atoms with Crippen LogP contribution < -0.4 is 5.32 Å². The lowest BCUT2D eigenvalue weighted by atomic mass is 9.73. The van der Waals surface area contributed by atoms with Crippen molar-refractivity contribution >= 4 is 33.0 Å². The fraction of sp³-hybridized carbons (Fsp3) is 0.536. The number of carbonyl (C=O) groups excluding carboxylic acids is 1. The highest BCUT2D eigenvalue weighted by Crippen LogP contribution is 2.52. The van der Waals surface area contributed by atoms with Gasteiger partial charge >= 0.3 is 0 Å². The van der Waals surface area contributed by atoms with Crippen LogP contribution >= 0.6 is 11.6 Å². The lowest BCUT2D eigenvalue weighted by Gasteiger charge is -2.47. The van der Waals surface area contributed by atoms with Gasteiger partial charge in [0.05, 0.1) is 20.8 Å². The molecule has 0 aliphatic heterocycles. The average molecular weight is 569 g/mol. The first-order valence-electron chi connectivity index (χ1n) is 13.0. The summed E-state index contributed by atoms with van der Waals surface area (Å²) in [6.07, 6.45) is 2.17. The molecule has 6 nitrogen and oxygen atoms in total. The van der Waals surface area contributed by atoms with Crippen LogP contribution in [0.3, 0.4) is 0 Å². The number of hydrogen-bond acceptors (Lipinski definition) is 5. The number of nitrogens with zero attached hydrogens (tertiary/aromatic N) is 1. The SMILES string of the molecule is CC(C)N(CC1(O)C2CC[C@H]1CC(S(=O)(=O)c1cc(C(=O)Nc3ccc(F)c(F)c3)ccc1Cl)C2)C(C)C. The topological polar surface area (TPSA) is 86.7 Å². The van der Waals surface area contributed by atoms with Gasteiger partial charge in [0.1, 0.15) is 0 Å². The molecule has 4 rings (SSSR count). The second-order valence-electron chi connectivity index (χ2n) is 11.2. The van der Waals surface area contributed by atoms with Crippen LogP contribution in [0.2, 0.25) is 5.02 Å². The fourth-order valence-electron chi connectivity index (χ4n) is 6.20. The number of hydrogen-bond donors (Lipinski definition) is 2. The Bertz CT molecular complexity index is 1300. The van der Waals surface area contributed by atoms with Gasteiger partial charge < -0.3 is 10.4 Å². The second-order valence-corrected chi connectivity index (χ2v) is 13.8. The van der Waals surface area contributed by atoms with E-state index in [1.807, 2.05) is 0 Å². The zero-order valence-corrected chi connectivity index (χ0v) is 23.6. The molecule has 0 aromatic heterocycles. The first-order valence-corrected chi connectivity index (χ1v) is 14.9. The molecular weight excluding hydrogens is 534 g/mol. The molecule has 2 aromatic rings. The molecule has 0 spiro atoms. The van der Waals surface area contributed by atoms with Crippen LogP contribution in [-0.2, 0) is 9.84 Å². The molecule has 2 N–H and O–H groups in total. The molecule has 4 atom stereocenters. The van der Waals surface area contributed by atoms with Crippen molar-refractivity contribution in [2.75, 3.05) is 11.9 Å². The van der Waals surface area contributed by atoms with Crippen LogP contribution in [0.25, 0.3) is 0 Å². The molecule has 2 bridgehead atoms. The van der Waals surface area contributed by atoms with Crippen LogP contribution in [0, 0.1) is 23.5 Å². The van der Waals surface area contributed by atoms with Crippen molar-refractivity contribution in [3.8, 4) is 0 Å². The summed E-state index contributed by atoms with van der Waals surface area (Å²) in [7, 11) is -3.92. The summed E-state index contributed by atoms with van der Waals surface area (Å²) in [5, 5.41) is 13.5. The van der Waals surface area contributed by atoms with Crippen molar-refractivity contribution in [1.82, 2.24) is 4.90 Å². The Morgan fingerprint density at radius 3 is 2.21 bits per heavy atom. The van der Waals surface area contributed by atoms with Crippen molar-refractivity contribution in [1.29, 1.82) is 0 Å². The molecule has 0 radical (unpaired) electrons. The summed E-state index contributed by atoms with van der Waals surface area (Å²) >= 11 is 6.33. The van der Waals surface area contributed by atoms with Gasteiger partial charge in [0.25, 0.3) is 5.91 Å². The predicted octanol–water partition coefficient (Wildman–Crippen LogP) is 5.68. The average Bonchev–Trinajstić information content (AvgIpc) is 2.99. The lowest BCUT2D eigenvalue weighted by molar-refractivity contribution is -0.0904. The molecule has 2 saturated carbocycles. The molecule has 2 aromatic carbocycles. The van der Waals surface area contributed by atoms with Crippen LogP contribution in [-0.4, -0.2) is 53.8 Å². The molecule has 0 heterocycles. The molecule has 0 saturated heterocycles. The zero-order chi connectivity index (χ0) is 28.0. The molecule has 2 aliphatic carbocycles. The van der Waals surface area contributed by atoms with E-state index >= 15 is 0 Å². The largest absolute Gasteiger partial charge is 0.388 e. The van der Waals surface area contributed by atoms with Crippen molar-refractivity contribution in [3.05, 3.63) is 58.6 Å². The highest BCUT2D eigenvalue weighted by Gasteiger charge is 2.56. The van der Waals surface area contributed by atoms with Crippen molar-refractivity contribution in [2.45, 2.75) is 81.2 Å². The molecule has 2 aliphatic rings. The van der Waals surface area contributed by atoms with Gasteiger partial charge in [0.15, 0.2) is 21.5 Å². The number of anilines is 1. The predicted molar refractivity (Wildman–Crippen MR) is 144 cm³/mol. The quantitative estimate of drug-likeness (QED) is 0.428. The van der Waals surface area contributed by atoms with E-state index in [0.717, 1.165) is 25.0 Å². The van der Waals surface area contributed by atoms with Crippen LogP contribution in [0.4, 0.5) is 14.5 Å². The minimum absolute atomic E-state index is 0.00773. The van der Waals surface area contributed by atoms with Crippen LogP contribution in [0.1, 0.15) is 63.7 Å². The summed E-state index contributed by atoms with van der Waals surface area (Å²) in [5.74, 6) is -3.14. The summed E-state index contributed by atoms with van der Waals surface area (Å²) < 4.78 is 54.3. The monoisotopic (exact) mass is 568 g/mol. The van der Waals surface area contributed by atoms with Crippen LogP contribution in [0.15, 0.2) is 41.3 Å². The molecule has 10 heteroatoms.